The number of nitrogens with one attached hydrogen (secondary N) is 2. The van der Waals surface area contributed by atoms with Crippen LogP contribution in [-0.2, 0) is 22.6 Å². The molecule has 0 unspecified atom stereocenters. The average Bonchev–Trinajstić information content (AvgIpc) is 3.86. The van der Waals surface area contributed by atoms with Crippen LogP contribution >= 0.6 is 22.7 Å². The number of hydrogen-bond donors (Lipinski definition) is 5. The fourth-order valence-corrected chi connectivity index (χ4v) is 7.92. The lowest BCUT2D eigenvalue weighted by Gasteiger charge is -2.19. The molecule has 2 amide bonds. The molecule has 0 fully saturated rings. The highest BCUT2D eigenvalue weighted by Gasteiger charge is 2.25. The molecule has 4 aromatic heterocycles. The van der Waals surface area contributed by atoms with Gasteiger partial charge in [0.2, 0.25) is 5.75 Å². The van der Waals surface area contributed by atoms with Crippen LogP contribution in [0.4, 0.5) is 21.0 Å². The van der Waals surface area contributed by atoms with E-state index in [0.29, 0.717) is 38.2 Å². The van der Waals surface area contributed by atoms with Crippen molar-refractivity contribution in [2.45, 2.75) is 93.0 Å². The number of anilines is 2. The van der Waals surface area contributed by atoms with Crippen molar-refractivity contribution < 1.29 is 48.7 Å². The number of benzene rings is 2. The van der Waals surface area contributed by atoms with Crippen LogP contribution in [-0.4, -0.2) is 66.4 Å². The molecule has 0 bridgehead atoms. The number of pyridine rings is 2. The molecule has 0 atom stereocenters. The van der Waals surface area contributed by atoms with Crippen LogP contribution in [0.3, 0.4) is 0 Å². The van der Waals surface area contributed by atoms with E-state index in [9.17, 15) is 44.1 Å². The number of ether oxygens (including phenoxy) is 3. The summed E-state index contributed by atoms with van der Waals surface area (Å²) in [5, 5.41) is 37.9. The Morgan fingerprint density at radius 1 is 0.651 bits per heavy atom. The first-order valence-corrected chi connectivity index (χ1v) is 21.2. The summed E-state index contributed by atoms with van der Waals surface area (Å²) in [4.78, 5) is 72.9. The number of hydrogen-bond acceptors (Lipinski definition) is 12. The van der Waals surface area contributed by atoms with Crippen LogP contribution < -0.4 is 26.5 Å². The highest BCUT2D eigenvalue weighted by Crippen LogP contribution is 2.31. The zero-order valence-electron chi connectivity index (χ0n) is 35.2. The zero-order valence-corrected chi connectivity index (χ0v) is 36.8. The van der Waals surface area contributed by atoms with E-state index in [1.807, 2.05) is 6.92 Å². The number of rotatable bonds is 12. The molecule has 0 aliphatic carbocycles. The molecule has 6 rings (SSSR count). The third-order valence-corrected chi connectivity index (χ3v) is 10.6. The minimum absolute atomic E-state index is 0. The van der Waals surface area contributed by atoms with Crippen LogP contribution in [0.25, 0.3) is 20.4 Å². The van der Waals surface area contributed by atoms with Gasteiger partial charge in [-0.2, -0.15) is 0 Å². The van der Waals surface area contributed by atoms with Crippen molar-refractivity contribution in [3.8, 4) is 11.5 Å². The molecule has 63 heavy (non-hydrogen) atoms. The normalized spacial score (nSPS) is 11.2. The van der Waals surface area contributed by atoms with Gasteiger partial charge in [0.25, 0.3) is 11.1 Å². The van der Waals surface area contributed by atoms with Crippen molar-refractivity contribution in [3.63, 3.8) is 0 Å². The molecule has 0 spiro atoms. The largest absolute Gasteiger partial charge is 0.502 e. The van der Waals surface area contributed by atoms with E-state index in [1.54, 1.807) is 113 Å². The summed E-state index contributed by atoms with van der Waals surface area (Å²) < 4.78 is 19.8. The number of carboxylic acid groups (broad SMARTS) is 2. The highest BCUT2D eigenvalue weighted by atomic mass is 32.1. The van der Waals surface area contributed by atoms with Gasteiger partial charge in [0, 0.05) is 11.4 Å². The average molecular weight is 905 g/mol. The number of carbonyl (C=O) groups is 4. The van der Waals surface area contributed by atoms with Gasteiger partial charge >= 0.3 is 24.1 Å². The Morgan fingerprint density at radius 3 is 1.46 bits per heavy atom. The van der Waals surface area contributed by atoms with Crippen LogP contribution in [0, 0.1) is 0 Å². The molecule has 0 saturated heterocycles. The third-order valence-electron chi connectivity index (χ3n) is 8.73. The summed E-state index contributed by atoms with van der Waals surface area (Å²) in [6.45, 7) is 13.3. The number of aromatic hydroxyl groups is 1. The summed E-state index contributed by atoms with van der Waals surface area (Å²) in [5.74, 6) is -3.45. The SMILES string of the molecule is C.CC(C)(C)OC(=O)Nc1ccc(Cn2c(=O)c(O)c(C(=O)O)c3sccc32)cc1.CCCCOc1c(C(=O)O)c2sccc2n(Cc2ccc(NC(=O)OC(C)(C)C)cc2)c1=O. The monoisotopic (exact) mass is 904 g/mol. The maximum absolute atomic E-state index is 13.3. The van der Waals surface area contributed by atoms with Crippen molar-refractivity contribution in [3.05, 3.63) is 114 Å². The Hall–Kier alpha value is -6.66. The molecule has 336 valence electrons. The van der Waals surface area contributed by atoms with E-state index in [4.69, 9.17) is 14.2 Å². The Kier molecular flexibility index (Phi) is 15.9. The van der Waals surface area contributed by atoms with E-state index in [0.717, 1.165) is 28.9 Å². The standard InChI is InChI=1S/C24H28N2O6S.C20H20N2O6S.CH4/c1-5-6-12-31-19-18(22(28)29)20-17(11-13-33-20)26(21(19)27)14-15-7-9-16(10-8-15)25-23(30)32-24(2,3)4;1-20(2,3)28-19(27)21-12-6-4-11(5-7-12)10-22-13-8-9-29-16(13)14(18(25)26)15(23)17(22)24;/h7-11,13H,5-6,12,14H2,1-4H3,(H,25,30)(H,28,29);4-9,23H,10H2,1-3H3,(H,21,27)(H,25,26);1H4. The first kappa shape index (κ1) is 49.0. The molecule has 18 heteroatoms. The number of nitrogens with zero attached hydrogens (tertiary/aromatic N) is 2. The van der Waals surface area contributed by atoms with Crippen LogP contribution in [0.5, 0.6) is 11.5 Å². The predicted octanol–water partition coefficient (Wildman–Crippen LogP) is 9.83. The number of fused-ring (bicyclic) bond motifs is 2. The number of aromatic carboxylic acids is 2. The second kappa shape index (κ2) is 20.5. The molecule has 6 aromatic rings. The Morgan fingerprint density at radius 2 is 1.06 bits per heavy atom. The fourth-order valence-electron chi connectivity index (χ4n) is 6.05. The lowest BCUT2D eigenvalue weighted by molar-refractivity contribution is 0.0624. The van der Waals surface area contributed by atoms with Crippen molar-refractivity contribution >= 4 is 78.6 Å². The lowest BCUT2D eigenvalue weighted by atomic mass is 10.1. The number of aromatic nitrogens is 2. The van der Waals surface area contributed by atoms with Gasteiger partial charge in [-0.05, 0) is 106 Å². The van der Waals surface area contributed by atoms with Crippen LogP contribution in [0.15, 0.2) is 81.0 Å². The van der Waals surface area contributed by atoms with Gasteiger partial charge in [-0.3, -0.25) is 29.4 Å². The van der Waals surface area contributed by atoms with E-state index in [-0.39, 0.29) is 44.0 Å². The van der Waals surface area contributed by atoms with E-state index < -0.39 is 52.2 Å². The summed E-state index contributed by atoms with van der Waals surface area (Å²) in [7, 11) is 0. The summed E-state index contributed by atoms with van der Waals surface area (Å²) in [6, 6.07) is 17.2. The van der Waals surface area contributed by atoms with E-state index >= 15 is 0 Å². The van der Waals surface area contributed by atoms with Gasteiger partial charge < -0.3 is 29.5 Å². The van der Waals surface area contributed by atoms with Gasteiger partial charge in [-0.15, -0.1) is 22.7 Å². The highest BCUT2D eigenvalue weighted by molar-refractivity contribution is 7.17. The molecule has 0 aliphatic heterocycles. The van der Waals surface area contributed by atoms with Crippen molar-refractivity contribution in [1.82, 2.24) is 9.13 Å². The molecule has 0 saturated carbocycles. The predicted molar refractivity (Wildman–Crippen MR) is 246 cm³/mol. The molecular formula is C45H52N4O12S2. The number of carbonyl (C=O) groups excluding carboxylic acids is 2. The Labute approximate surface area is 371 Å². The molecular weight excluding hydrogens is 853 g/mol. The summed E-state index contributed by atoms with van der Waals surface area (Å²) in [5.41, 5.74) is 0.672. The number of thiophene rings is 2. The van der Waals surface area contributed by atoms with E-state index in [2.05, 4.69) is 10.6 Å². The number of carboxylic acids is 2. The molecule has 16 nitrogen and oxygen atoms in total. The summed E-state index contributed by atoms with van der Waals surface area (Å²) >= 11 is 2.40. The molecule has 2 aromatic carbocycles. The third kappa shape index (κ3) is 12.5. The quantitative estimate of drug-likeness (QED) is 0.0724. The molecule has 0 radical (unpaired) electrons. The van der Waals surface area contributed by atoms with Gasteiger partial charge in [0.1, 0.15) is 22.3 Å². The molecule has 4 heterocycles. The second-order valence-corrected chi connectivity index (χ2v) is 17.8. The van der Waals surface area contributed by atoms with Crippen molar-refractivity contribution in [2.75, 3.05) is 17.2 Å². The fraction of sp³-hybridized carbons (Fsp3) is 0.333. The Bertz CT molecular complexity index is 2720. The minimum atomic E-state index is -1.35. The second-order valence-electron chi connectivity index (χ2n) is 15.9. The Balaban J connectivity index is 0.000000274. The van der Waals surface area contributed by atoms with E-state index in [1.165, 1.54) is 20.5 Å². The first-order chi connectivity index (χ1) is 29.2. The van der Waals surface area contributed by atoms with Crippen LogP contribution in [0.1, 0.15) is 101 Å². The lowest BCUT2D eigenvalue weighted by Crippen LogP contribution is -2.27. The summed E-state index contributed by atoms with van der Waals surface area (Å²) in [6.07, 6.45) is 0.453. The number of amides is 2. The molecule has 5 N–H and O–H groups in total. The molecule has 0 aliphatic rings. The zero-order chi connectivity index (χ0) is 45.5. The van der Waals surface area contributed by atoms with Gasteiger partial charge in [-0.1, -0.05) is 45.0 Å². The first-order valence-electron chi connectivity index (χ1n) is 19.4. The van der Waals surface area contributed by atoms with Gasteiger partial charge in [0.15, 0.2) is 5.75 Å². The van der Waals surface area contributed by atoms with Crippen molar-refractivity contribution in [2.24, 2.45) is 0 Å². The smallest absolute Gasteiger partial charge is 0.412 e. The van der Waals surface area contributed by atoms with Crippen molar-refractivity contribution in [1.29, 1.82) is 0 Å². The van der Waals surface area contributed by atoms with Crippen LogP contribution in [0.2, 0.25) is 0 Å². The minimum Gasteiger partial charge on any atom is -0.502 e. The maximum atomic E-state index is 13.3. The maximum Gasteiger partial charge on any atom is 0.412 e. The van der Waals surface area contributed by atoms with Gasteiger partial charge in [-0.25, -0.2) is 19.2 Å². The number of unbranched alkanes of at least 4 members (excludes halogenated alkanes) is 1. The topological polar surface area (TPSA) is 225 Å². The van der Waals surface area contributed by atoms with Gasteiger partial charge in [0.05, 0.1) is 40.1 Å².